The lowest BCUT2D eigenvalue weighted by Gasteiger charge is -2.14. The van der Waals surface area contributed by atoms with Gasteiger partial charge in [0.15, 0.2) is 0 Å². The Kier molecular flexibility index (Phi) is 5.34. The molecule has 106 valence electrons. The standard InChI is InChI=1S/C14H9Br3F2O/c15-9-2-1-7(5-11(9)17)13(20)6-8-12(18)4-3-10(16)14(8)19/h1-5,13,20H,6H2. The second-order valence-corrected chi connectivity index (χ2v) is 6.78. The summed E-state index contributed by atoms with van der Waals surface area (Å²) in [5, 5.41) is 10.1. The van der Waals surface area contributed by atoms with Crippen LogP contribution in [0.15, 0.2) is 43.7 Å². The van der Waals surface area contributed by atoms with Gasteiger partial charge in [-0.2, -0.15) is 0 Å². The molecule has 0 radical (unpaired) electrons. The number of hydrogen-bond donors (Lipinski definition) is 1. The molecule has 1 unspecified atom stereocenters. The molecule has 0 amide bonds. The van der Waals surface area contributed by atoms with Gasteiger partial charge in [0.05, 0.1) is 10.6 Å². The van der Waals surface area contributed by atoms with Crippen LogP contribution < -0.4 is 0 Å². The first kappa shape index (κ1) is 16.1. The molecule has 0 spiro atoms. The summed E-state index contributed by atoms with van der Waals surface area (Å²) in [6.07, 6.45) is -1.12. The highest BCUT2D eigenvalue weighted by Gasteiger charge is 2.18. The first-order valence-electron chi connectivity index (χ1n) is 5.65. The molecule has 1 atom stereocenters. The van der Waals surface area contributed by atoms with Gasteiger partial charge in [0.1, 0.15) is 11.6 Å². The maximum atomic E-state index is 13.9. The van der Waals surface area contributed by atoms with E-state index in [1.165, 1.54) is 12.1 Å². The summed E-state index contributed by atoms with van der Waals surface area (Å²) >= 11 is 9.66. The fourth-order valence-electron chi connectivity index (χ4n) is 1.79. The fourth-order valence-corrected chi connectivity index (χ4v) is 2.80. The zero-order valence-corrected chi connectivity index (χ0v) is 14.8. The molecule has 2 aromatic carbocycles. The highest BCUT2D eigenvalue weighted by atomic mass is 79.9. The summed E-state index contributed by atoms with van der Waals surface area (Å²) in [4.78, 5) is 0. The van der Waals surface area contributed by atoms with Crippen molar-refractivity contribution in [1.29, 1.82) is 0 Å². The first-order valence-corrected chi connectivity index (χ1v) is 8.03. The van der Waals surface area contributed by atoms with Crippen molar-refractivity contribution in [3.05, 3.63) is 66.5 Å². The molecule has 0 fully saturated rings. The molecule has 0 bridgehead atoms. The molecule has 0 saturated carbocycles. The molecule has 0 aliphatic carbocycles. The van der Waals surface area contributed by atoms with Gasteiger partial charge < -0.3 is 5.11 Å². The van der Waals surface area contributed by atoms with E-state index in [0.717, 1.165) is 8.95 Å². The smallest absolute Gasteiger partial charge is 0.143 e. The van der Waals surface area contributed by atoms with E-state index < -0.39 is 17.7 Å². The molecule has 1 N–H and O–H groups in total. The topological polar surface area (TPSA) is 20.2 Å². The quantitative estimate of drug-likeness (QED) is 0.585. The van der Waals surface area contributed by atoms with Crippen LogP contribution in [-0.2, 0) is 6.42 Å². The Hall–Kier alpha value is -0.300. The average Bonchev–Trinajstić information content (AvgIpc) is 2.42. The summed E-state index contributed by atoms with van der Waals surface area (Å²) in [7, 11) is 0. The van der Waals surface area contributed by atoms with Gasteiger partial charge in [-0.25, -0.2) is 8.78 Å². The lowest BCUT2D eigenvalue weighted by molar-refractivity contribution is 0.175. The second-order valence-electron chi connectivity index (χ2n) is 4.22. The normalized spacial score (nSPS) is 12.5. The van der Waals surface area contributed by atoms with Gasteiger partial charge in [0, 0.05) is 20.9 Å². The van der Waals surface area contributed by atoms with E-state index in [9.17, 15) is 13.9 Å². The van der Waals surface area contributed by atoms with Crippen molar-refractivity contribution in [2.45, 2.75) is 12.5 Å². The molecule has 20 heavy (non-hydrogen) atoms. The van der Waals surface area contributed by atoms with Crippen LogP contribution in [0.2, 0.25) is 0 Å². The molecular weight excluding hydrogens is 462 g/mol. The monoisotopic (exact) mass is 468 g/mol. The Morgan fingerprint density at radius 1 is 0.950 bits per heavy atom. The Labute approximate surface area is 140 Å². The van der Waals surface area contributed by atoms with Crippen LogP contribution in [0.3, 0.4) is 0 Å². The SMILES string of the molecule is OC(Cc1c(F)ccc(Br)c1F)c1ccc(Br)c(Br)c1. The van der Waals surface area contributed by atoms with E-state index in [4.69, 9.17) is 0 Å². The van der Waals surface area contributed by atoms with Crippen molar-refractivity contribution in [3.8, 4) is 0 Å². The van der Waals surface area contributed by atoms with Gasteiger partial charge in [0.2, 0.25) is 0 Å². The van der Waals surface area contributed by atoms with Crippen molar-refractivity contribution in [2.75, 3.05) is 0 Å². The van der Waals surface area contributed by atoms with Gasteiger partial charge in [-0.15, -0.1) is 0 Å². The lowest BCUT2D eigenvalue weighted by Crippen LogP contribution is -2.06. The molecule has 0 aliphatic rings. The minimum atomic E-state index is -0.988. The van der Waals surface area contributed by atoms with E-state index in [-0.39, 0.29) is 16.5 Å². The van der Waals surface area contributed by atoms with Gasteiger partial charge >= 0.3 is 0 Å². The van der Waals surface area contributed by atoms with Crippen LogP contribution in [0, 0.1) is 11.6 Å². The fraction of sp³-hybridized carbons (Fsp3) is 0.143. The molecule has 0 aliphatic heterocycles. The predicted octanol–water partition coefficient (Wildman–Crippen LogP) is 5.53. The third-order valence-corrected chi connectivity index (χ3v) is 5.36. The molecule has 0 saturated heterocycles. The van der Waals surface area contributed by atoms with E-state index in [2.05, 4.69) is 47.8 Å². The third-order valence-electron chi connectivity index (χ3n) is 2.86. The highest BCUT2D eigenvalue weighted by Crippen LogP contribution is 2.30. The Balaban J connectivity index is 2.30. The minimum absolute atomic E-state index is 0.133. The zero-order valence-electron chi connectivity index (χ0n) is 10.0. The molecule has 1 nitrogen and oxygen atoms in total. The second kappa shape index (κ2) is 6.64. The van der Waals surface area contributed by atoms with E-state index in [1.54, 1.807) is 18.2 Å². The Bertz CT molecular complexity index is 647. The van der Waals surface area contributed by atoms with Crippen LogP contribution in [0.1, 0.15) is 17.2 Å². The van der Waals surface area contributed by atoms with Crippen molar-refractivity contribution >= 4 is 47.8 Å². The van der Waals surface area contributed by atoms with Crippen molar-refractivity contribution in [2.24, 2.45) is 0 Å². The Morgan fingerprint density at radius 2 is 1.60 bits per heavy atom. The van der Waals surface area contributed by atoms with E-state index in [0.29, 0.717) is 5.56 Å². The molecule has 0 aromatic heterocycles. The van der Waals surface area contributed by atoms with E-state index in [1.807, 2.05) is 0 Å². The number of benzene rings is 2. The molecule has 2 rings (SSSR count). The van der Waals surface area contributed by atoms with Gasteiger partial charge in [-0.3, -0.25) is 0 Å². The highest BCUT2D eigenvalue weighted by molar-refractivity contribution is 9.13. The van der Waals surface area contributed by atoms with Crippen LogP contribution in [0.4, 0.5) is 8.78 Å². The summed E-state index contributed by atoms with van der Waals surface area (Å²) in [6, 6.07) is 7.65. The van der Waals surface area contributed by atoms with Crippen molar-refractivity contribution in [1.82, 2.24) is 0 Å². The maximum absolute atomic E-state index is 13.9. The zero-order chi connectivity index (χ0) is 14.9. The largest absolute Gasteiger partial charge is 0.388 e. The van der Waals surface area contributed by atoms with Crippen LogP contribution in [-0.4, -0.2) is 5.11 Å². The van der Waals surface area contributed by atoms with Crippen molar-refractivity contribution in [3.63, 3.8) is 0 Å². The van der Waals surface area contributed by atoms with Crippen LogP contribution in [0.25, 0.3) is 0 Å². The van der Waals surface area contributed by atoms with Gasteiger partial charge in [-0.05, 0) is 77.6 Å². The van der Waals surface area contributed by atoms with Crippen LogP contribution >= 0.6 is 47.8 Å². The molecule has 6 heteroatoms. The summed E-state index contributed by atoms with van der Waals surface area (Å²) in [6.45, 7) is 0. The Morgan fingerprint density at radius 3 is 2.25 bits per heavy atom. The molecule has 0 heterocycles. The molecule has 2 aromatic rings. The van der Waals surface area contributed by atoms with E-state index >= 15 is 0 Å². The van der Waals surface area contributed by atoms with Crippen molar-refractivity contribution < 1.29 is 13.9 Å². The summed E-state index contributed by atoms with van der Waals surface area (Å²) < 4.78 is 29.3. The minimum Gasteiger partial charge on any atom is -0.388 e. The first-order chi connectivity index (χ1) is 9.40. The third kappa shape index (κ3) is 3.47. The number of halogens is 5. The maximum Gasteiger partial charge on any atom is 0.143 e. The molecular formula is C14H9Br3F2O. The number of aliphatic hydroxyl groups excluding tert-OH is 1. The number of hydrogen-bond acceptors (Lipinski definition) is 1. The number of aliphatic hydroxyl groups is 1. The average molecular weight is 471 g/mol. The summed E-state index contributed by atoms with van der Waals surface area (Å²) in [5.74, 6) is -1.35. The summed E-state index contributed by atoms with van der Waals surface area (Å²) in [5.41, 5.74) is 0.449. The number of rotatable bonds is 3. The van der Waals surface area contributed by atoms with Crippen LogP contribution in [0.5, 0.6) is 0 Å². The van der Waals surface area contributed by atoms with Gasteiger partial charge in [0.25, 0.3) is 0 Å². The lowest BCUT2D eigenvalue weighted by atomic mass is 10.0. The predicted molar refractivity (Wildman–Crippen MR) is 84.6 cm³/mol. The van der Waals surface area contributed by atoms with Gasteiger partial charge in [-0.1, -0.05) is 6.07 Å².